The molecule has 0 spiro atoms. The van der Waals surface area contributed by atoms with E-state index in [2.05, 4.69) is 16.5 Å². The van der Waals surface area contributed by atoms with Crippen LogP contribution in [0.3, 0.4) is 0 Å². The third kappa shape index (κ3) is 1.59. The highest BCUT2D eigenvalue weighted by molar-refractivity contribution is 5.92. The topological polar surface area (TPSA) is 34.9 Å². The third-order valence-corrected chi connectivity index (χ3v) is 2.64. The van der Waals surface area contributed by atoms with Crippen molar-refractivity contribution in [3.8, 4) is 0 Å². The highest BCUT2D eigenvalue weighted by Gasteiger charge is 2.29. The highest BCUT2D eigenvalue weighted by atomic mass is 16.1. The van der Waals surface area contributed by atoms with Gasteiger partial charge >= 0.3 is 0 Å². The maximum Gasteiger partial charge on any atom is 0.177 e. The van der Waals surface area contributed by atoms with Gasteiger partial charge in [0.05, 0.1) is 6.20 Å². The molecule has 1 aromatic heterocycles. The Morgan fingerprint density at radius 2 is 2.36 bits per heavy atom. The van der Waals surface area contributed by atoms with E-state index in [0.717, 1.165) is 24.5 Å². The van der Waals surface area contributed by atoms with E-state index < -0.39 is 0 Å². The van der Waals surface area contributed by atoms with Crippen molar-refractivity contribution in [2.24, 2.45) is 0 Å². The zero-order valence-electron chi connectivity index (χ0n) is 8.79. The molecule has 0 unspecified atom stereocenters. The number of imidazole rings is 1. The van der Waals surface area contributed by atoms with Crippen LogP contribution < -0.4 is 0 Å². The van der Waals surface area contributed by atoms with Crippen LogP contribution in [0.15, 0.2) is 6.20 Å². The highest BCUT2D eigenvalue weighted by Crippen LogP contribution is 2.39. The predicted octanol–water partition coefficient (Wildman–Crippen LogP) is 2.37. The lowest BCUT2D eigenvalue weighted by Gasteiger charge is -2.07. The van der Waals surface area contributed by atoms with Gasteiger partial charge in [-0.25, -0.2) is 4.98 Å². The van der Waals surface area contributed by atoms with Crippen LogP contribution in [0.25, 0.3) is 0 Å². The molecule has 14 heavy (non-hydrogen) atoms. The lowest BCUT2D eigenvalue weighted by atomic mass is 10.3. The summed E-state index contributed by atoms with van der Waals surface area (Å²) in [6, 6.07) is 0. The van der Waals surface area contributed by atoms with Gasteiger partial charge in [-0.1, -0.05) is 6.92 Å². The van der Waals surface area contributed by atoms with Crippen molar-refractivity contribution >= 4 is 5.78 Å². The maximum atomic E-state index is 11.3. The summed E-state index contributed by atoms with van der Waals surface area (Å²) in [5.41, 5.74) is 0.772. The first-order valence-electron chi connectivity index (χ1n) is 5.30. The van der Waals surface area contributed by atoms with E-state index in [1.165, 1.54) is 12.8 Å². The molecule has 0 bridgehead atoms. The Bertz CT molecular complexity index is 350. The van der Waals surface area contributed by atoms with Crippen molar-refractivity contribution in [2.45, 2.75) is 45.6 Å². The normalized spacial score (nSPS) is 15.9. The quantitative estimate of drug-likeness (QED) is 0.686. The van der Waals surface area contributed by atoms with Crippen molar-refractivity contribution in [1.29, 1.82) is 0 Å². The minimum atomic E-state index is 0.123. The summed E-state index contributed by atoms with van der Waals surface area (Å²) in [4.78, 5) is 15.7. The molecule has 1 heterocycles. The number of Topliss-reactive ketones (excluding diaryl/α,β-unsaturated/α-hetero) is 1. The molecule has 0 N–H and O–H groups in total. The van der Waals surface area contributed by atoms with Gasteiger partial charge < -0.3 is 4.57 Å². The fraction of sp³-hybridized carbons (Fsp3) is 0.636. The van der Waals surface area contributed by atoms with Gasteiger partial charge in [-0.3, -0.25) is 4.79 Å². The molecular formula is C11H16N2O. The van der Waals surface area contributed by atoms with Gasteiger partial charge in [0, 0.05) is 19.4 Å². The molecule has 76 valence electrons. The van der Waals surface area contributed by atoms with Crippen molar-refractivity contribution < 1.29 is 4.79 Å². The van der Waals surface area contributed by atoms with Crippen molar-refractivity contribution in [3.05, 3.63) is 17.7 Å². The summed E-state index contributed by atoms with van der Waals surface area (Å²) in [6.07, 6.45) is 5.25. The van der Waals surface area contributed by atoms with Gasteiger partial charge in [0.2, 0.25) is 0 Å². The van der Waals surface area contributed by atoms with Crippen molar-refractivity contribution in [2.75, 3.05) is 0 Å². The molecule has 2 rings (SSSR count). The summed E-state index contributed by atoms with van der Waals surface area (Å²) in [5.74, 6) is 1.87. The smallest absolute Gasteiger partial charge is 0.177 e. The Morgan fingerprint density at radius 1 is 1.64 bits per heavy atom. The van der Waals surface area contributed by atoms with Crippen LogP contribution in [0.4, 0.5) is 0 Å². The Hall–Kier alpha value is -1.12. The number of carbonyl (C=O) groups is 1. The van der Waals surface area contributed by atoms with E-state index in [1.54, 1.807) is 13.1 Å². The molecule has 3 heteroatoms. The van der Waals surface area contributed by atoms with Gasteiger partial charge in [0.25, 0.3) is 0 Å². The molecule has 1 aromatic rings. The first-order chi connectivity index (χ1) is 6.74. The molecular weight excluding hydrogens is 176 g/mol. The number of ketones is 1. The minimum Gasteiger partial charge on any atom is -0.325 e. The number of carbonyl (C=O) groups excluding carboxylic acids is 1. The van der Waals surface area contributed by atoms with E-state index in [9.17, 15) is 4.79 Å². The SMILES string of the molecule is CCCn1c(C(C)=O)cnc1C1CC1. The van der Waals surface area contributed by atoms with E-state index in [-0.39, 0.29) is 5.78 Å². The van der Waals surface area contributed by atoms with E-state index >= 15 is 0 Å². The molecule has 1 aliphatic rings. The van der Waals surface area contributed by atoms with E-state index in [0.29, 0.717) is 5.92 Å². The number of hydrogen-bond acceptors (Lipinski definition) is 2. The molecule has 0 aromatic carbocycles. The van der Waals surface area contributed by atoms with Crippen LogP contribution in [0.5, 0.6) is 0 Å². The summed E-state index contributed by atoms with van der Waals surface area (Å²) in [5, 5.41) is 0. The Morgan fingerprint density at radius 3 is 2.86 bits per heavy atom. The van der Waals surface area contributed by atoms with E-state index in [4.69, 9.17) is 0 Å². The lowest BCUT2D eigenvalue weighted by Crippen LogP contribution is -2.09. The number of hydrogen-bond donors (Lipinski definition) is 0. The minimum absolute atomic E-state index is 0.123. The van der Waals surface area contributed by atoms with Crippen molar-refractivity contribution in [1.82, 2.24) is 9.55 Å². The largest absolute Gasteiger partial charge is 0.325 e. The lowest BCUT2D eigenvalue weighted by molar-refractivity contribution is 0.100. The average Bonchev–Trinajstić information content (AvgIpc) is 2.89. The second-order valence-electron chi connectivity index (χ2n) is 3.98. The number of aromatic nitrogens is 2. The molecule has 0 saturated heterocycles. The summed E-state index contributed by atoms with van der Waals surface area (Å²) < 4.78 is 2.10. The molecule has 1 aliphatic carbocycles. The van der Waals surface area contributed by atoms with Crippen LogP contribution >= 0.6 is 0 Å². The van der Waals surface area contributed by atoms with Crippen LogP contribution in [0.2, 0.25) is 0 Å². The first-order valence-corrected chi connectivity index (χ1v) is 5.30. The van der Waals surface area contributed by atoms with Crippen LogP contribution in [-0.4, -0.2) is 15.3 Å². The maximum absolute atomic E-state index is 11.3. The zero-order valence-corrected chi connectivity index (χ0v) is 8.79. The van der Waals surface area contributed by atoms with Crippen molar-refractivity contribution in [3.63, 3.8) is 0 Å². The van der Waals surface area contributed by atoms with Crippen LogP contribution in [-0.2, 0) is 6.54 Å². The summed E-state index contributed by atoms with van der Waals surface area (Å²) >= 11 is 0. The van der Waals surface area contributed by atoms with Gasteiger partial charge in [-0.15, -0.1) is 0 Å². The summed E-state index contributed by atoms with van der Waals surface area (Å²) in [7, 11) is 0. The second kappa shape index (κ2) is 3.56. The monoisotopic (exact) mass is 192 g/mol. The molecule has 3 nitrogen and oxygen atoms in total. The average molecular weight is 192 g/mol. The van der Waals surface area contributed by atoms with Gasteiger partial charge in [0.1, 0.15) is 11.5 Å². The van der Waals surface area contributed by atoms with Gasteiger partial charge in [0.15, 0.2) is 5.78 Å². The number of rotatable bonds is 4. The molecule has 1 fully saturated rings. The van der Waals surface area contributed by atoms with E-state index in [1.807, 2.05) is 0 Å². The Labute approximate surface area is 84.1 Å². The molecule has 0 radical (unpaired) electrons. The first kappa shape index (κ1) is 9.44. The predicted molar refractivity (Wildman–Crippen MR) is 54.5 cm³/mol. The number of nitrogens with zero attached hydrogens (tertiary/aromatic N) is 2. The molecule has 0 amide bonds. The molecule has 1 saturated carbocycles. The Kier molecular flexibility index (Phi) is 2.40. The zero-order chi connectivity index (χ0) is 10.1. The Balaban J connectivity index is 2.35. The van der Waals surface area contributed by atoms with Crippen LogP contribution in [0.1, 0.15) is 55.3 Å². The third-order valence-electron chi connectivity index (χ3n) is 2.64. The molecule has 0 aliphatic heterocycles. The second-order valence-corrected chi connectivity index (χ2v) is 3.98. The van der Waals surface area contributed by atoms with Crippen LogP contribution in [0, 0.1) is 0 Å². The fourth-order valence-electron chi connectivity index (χ4n) is 1.80. The summed E-state index contributed by atoms with van der Waals surface area (Å²) in [6.45, 7) is 4.65. The van der Waals surface area contributed by atoms with Gasteiger partial charge in [-0.05, 0) is 19.3 Å². The molecule has 0 atom stereocenters. The van der Waals surface area contributed by atoms with Gasteiger partial charge in [-0.2, -0.15) is 0 Å². The standard InChI is InChI=1S/C11H16N2O/c1-3-6-13-10(8(2)14)7-12-11(13)9-4-5-9/h7,9H,3-6H2,1-2H3. The fourth-order valence-corrected chi connectivity index (χ4v) is 1.80.